The Hall–Kier alpha value is -0.890. The second kappa shape index (κ2) is 11.6. The minimum absolute atomic E-state index is 0. The Morgan fingerprint density at radius 2 is 1.83 bits per heavy atom. The van der Waals surface area contributed by atoms with Gasteiger partial charge in [0, 0.05) is 25.2 Å². The molecule has 1 aromatic rings. The van der Waals surface area contributed by atoms with Crippen molar-refractivity contribution in [2.24, 2.45) is 4.99 Å². The molecular formula is C17H30FIN4. The van der Waals surface area contributed by atoms with Gasteiger partial charge in [-0.2, -0.15) is 0 Å². The molecular weight excluding hydrogens is 406 g/mol. The van der Waals surface area contributed by atoms with Crippen molar-refractivity contribution < 1.29 is 4.39 Å². The highest BCUT2D eigenvalue weighted by Gasteiger charge is 2.07. The first kappa shape index (κ1) is 22.1. The monoisotopic (exact) mass is 436 g/mol. The number of guanidine groups is 1. The summed E-state index contributed by atoms with van der Waals surface area (Å²) in [4.78, 5) is 4.51. The molecule has 0 heterocycles. The second-order valence-corrected chi connectivity index (χ2v) is 6.21. The van der Waals surface area contributed by atoms with Crippen molar-refractivity contribution in [3.05, 3.63) is 35.6 Å². The van der Waals surface area contributed by atoms with Gasteiger partial charge in [0.2, 0.25) is 0 Å². The average Bonchev–Trinajstić information content (AvgIpc) is 2.44. The lowest BCUT2D eigenvalue weighted by Gasteiger charge is -2.20. The fourth-order valence-corrected chi connectivity index (χ4v) is 1.96. The van der Waals surface area contributed by atoms with Gasteiger partial charge in [-0.25, -0.2) is 4.39 Å². The van der Waals surface area contributed by atoms with Gasteiger partial charge in [0.15, 0.2) is 5.96 Å². The van der Waals surface area contributed by atoms with Crippen LogP contribution in [-0.4, -0.2) is 37.7 Å². The van der Waals surface area contributed by atoms with E-state index in [1.54, 1.807) is 6.07 Å². The third-order valence-corrected chi connectivity index (χ3v) is 3.03. The molecule has 1 aromatic carbocycles. The smallest absolute Gasteiger partial charge is 0.191 e. The van der Waals surface area contributed by atoms with Crippen molar-refractivity contribution in [3.8, 4) is 0 Å². The molecule has 0 fully saturated rings. The Morgan fingerprint density at radius 3 is 2.43 bits per heavy atom. The summed E-state index contributed by atoms with van der Waals surface area (Å²) in [5, 5.41) is 9.83. The van der Waals surface area contributed by atoms with Crippen LogP contribution in [0, 0.1) is 5.82 Å². The van der Waals surface area contributed by atoms with E-state index < -0.39 is 0 Å². The number of nitrogens with zero attached hydrogens (tertiary/aromatic N) is 1. The van der Waals surface area contributed by atoms with Crippen LogP contribution in [-0.2, 0) is 6.42 Å². The predicted octanol–water partition coefficient (Wildman–Crippen LogP) is 2.93. The summed E-state index contributed by atoms with van der Waals surface area (Å²) in [6.07, 6.45) is 0.636. The topological polar surface area (TPSA) is 48.5 Å². The van der Waals surface area contributed by atoms with Gasteiger partial charge >= 0.3 is 0 Å². The van der Waals surface area contributed by atoms with Crippen LogP contribution in [0.15, 0.2) is 29.3 Å². The minimum atomic E-state index is -0.152. The van der Waals surface area contributed by atoms with E-state index in [9.17, 15) is 4.39 Å². The molecule has 0 aliphatic carbocycles. The van der Waals surface area contributed by atoms with Crippen molar-refractivity contribution in [2.75, 3.05) is 26.2 Å². The molecule has 4 nitrogen and oxygen atoms in total. The van der Waals surface area contributed by atoms with Crippen LogP contribution in [0.3, 0.4) is 0 Å². The summed E-state index contributed by atoms with van der Waals surface area (Å²) < 4.78 is 13.5. The number of halogens is 2. The van der Waals surface area contributed by atoms with Gasteiger partial charge in [0.1, 0.15) is 5.82 Å². The normalized spacial score (nSPS) is 11.8. The number of rotatable bonds is 7. The standard InChI is InChI=1S/C17H29FN4.HI/c1-5-19-16(21-12-13-22-17(2,3)4)20-11-10-14-8-6-7-9-15(14)18;/h6-9,22H,5,10-13H2,1-4H3,(H2,19,20,21);1H. The van der Waals surface area contributed by atoms with Crippen LogP contribution in [0.4, 0.5) is 4.39 Å². The quantitative estimate of drug-likeness (QED) is 0.267. The minimum Gasteiger partial charge on any atom is -0.357 e. The summed E-state index contributed by atoms with van der Waals surface area (Å²) in [7, 11) is 0. The lowest BCUT2D eigenvalue weighted by molar-refractivity contribution is 0.432. The van der Waals surface area contributed by atoms with E-state index in [4.69, 9.17) is 0 Å². The zero-order chi connectivity index (χ0) is 16.4. The maximum absolute atomic E-state index is 13.5. The highest BCUT2D eigenvalue weighted by atomic mass is 127. The van der Waals surface area contributed by atoms with Gasteiger partial charge in [0.25, 0.3) is 0 Å². The molecule has 0 aliphatic heterocycles. The number of benzene rings is 1. The lowest BCUT2D eigenvalue weighted by Crippen LogP contribution is -2.40. The van der Waals surface area contributed by atoms with Crippen molar-refractivity contribution in [3.63, 3.8) is 0 Å². The first-order chi connectivity index (χ1) is 10.4. The maximum atomic E-state index is 13.5. The molecule has 6 heteroatoms. The van der Waals surface area contributed by atoms with Crippen molar-refractivity contribution in [1.82, 2.24) is 16.0 Å². The van der Waals surface area contributed by atoms with Gasteiger partial charge in [-0.15, -0.1) is 24.0 Å². The van der Waals surface area contributed by atoms with Crippen LogP contribution >= 0.6 is 24.0 Å². The fourth-order valence-electron chi connectivity index (χ4n) is 1.96. The van der Waals surface area contributed by atoms with E-state index in [1.165, 1.54) is 6.07 Å². The van der Waals surface area contributed by atoms with Crippen LogP contribution in [0.2, 0.25) is 0 Å². The molecule has 0 amide bonds. The van der Waals surface area contributed by atoms with E-state index in [2.05, 4.69) is 41.7 Å². The predicted molar refractivity (Wildman–Crippen MR) is 107 cm³/mol. The van der Waals surface area contributed by atoms with Crippen LogP contribution in [0.1, 0.15) is 33.3 Å². The van der Waals surface area contributed by atoms with E-state index in [-0.39, 0.29) is 35.3 Å². The Morgan fingerprint density at radius 1 is 1.13 bits per heavy atom. The number of nitrogens with one attached hydrogen (secondary N) is 3. The van der Waals surface area contributed by atoms with E-state index in [1.807, 2.05) is 19.1 Å². The Bertz CT molecular complexity index is 472. The third kappa shape index (κ3) is 10.5. The molecule has 1 rings (SSSR count). The van der Waals surface area contributed by atoms with Gasteiger partial charge in [-0.05, 0) is 45.7 Å². The Labute approximate surface area is 156 Å². The third-order valence-electron chi connectivity index (χ3n) is 3.03. The summed E-state index contributed by atoms with van der Waals surface area (Å²) >= 11 is 0. The number of aliphatic imine (C=N–C) groups is 1. The molecule has 0 bridgehead atoms. The summed E-state index contributed by atoms with van der Waals surface area (Å²) in [6, 6.07) is 6.87. The molecule has 0 spiro atoms. The molecule has 132 valence electrons. The average molecular weight is 436 g/mol. The first-order valence-electron chi connectivity index (χ1n) is 7.93. The van der Waals surface area contributed by atoms with Crippen LogP contribution in [0.25, 0.3) is 0 Å². The van der Waals surface area contributed by atoms with Gasteiger partial charge in [0.05, 0.1) is 6.54 Å². The van der Waals surface area contributed by atoms with Crippen molar-refractivity contribution >= 4 is 29.9 Å². The number of hydrogen-bond donors (Lipinski definition) is 3. The molecule has 3 N–H and O–H groups in total. The van der Waals surface area contributed by atoms with E-state index in [0.717, 1.165) is 24.6 Å². The van der Waals surface area contributed by atoms with Crippen LogP contribution in [0.5, 0.6) is 0 Å². The zero-order valence-corrected chi connectivity index (χ0v) is 16.9. The van der Waals surface area contributed by atoms with E-state index in [0.29, 0.717) is 19.5 Å². The first-order valence-corrected chi connectivity index (χ1v) is 7.93. The second-order valence-electron chi connectivity index (χ2n) is 6.21. The van der Waals surface area contributed by atoms with Crippen molar-refractivity contribution in [2.45, 2.75) is 39.7 Å². The van der Waals surface area contributed by atoms with Crippen LogP contribution < -0.4 is 16.0 Å². The highest BCUT2D eigenvalue weighted by Crippen LogP contribution is 2.06. The van der Waals surface area contributed by atoms with E-state index >= 15 is 0 Å². The largest absolute Gasteiger partial charge is 0.357 e. The molecule has 0 atom stereocenters. The SMILES string of the molecule is CCNC(=NCCNC(C)(C)C)NCCc1ccccc1F.I. The molecule has 0 unspecified atom stereocenters. The van der Waals surface area contributed by atoms with Gasteiger partial charge in [-0.3, -0.25) is 4.99 Å². The van der Waals surface area contributed by atoms with Gasteiger partial charge in [-0.1, -0.05) is 18.2 Å². The maximum Gasteiger partial charge on any atom is 0.191 e. The summed E-state index contributed by atoms with van der Waals surface area (Å²) in [5.41, 5.74) is 0.826. The molecule has 0 saturated heterocycles. The Balaban J connectivity index is 0.00000484. The molecule has 0 aliphatic rings. The molecule has 0 aromatic heterocycles. The molecule has 0 saturated carbocycles. The summed E-state index contributed by atoms with van der Waals surface area (Å²) in [6.45, 7) is 11.4. The van der Waals surface area contributed by atoms with Gasteiger partial charge < -0.3 is 16.0 Å². The number of hydrogen-bond acceptors (Lipinski definition) is 2. The zero-order valence-electron chi connectivity index (χ0n) is 14.6. The van der Waals surface area contributed by atoms with Crippen molar-refractivity contribution in [1.29, 1.82) is 0 Å². The molecule has 0 radical (unpaired) electrons. The Kier molecular flexibility index (Phi) is 11.2. The lowest BCUT2D eigenvalue weighted by atomic mass is 10.1. The molecule has 23 heavy (non-hydrogen) atoms. The summed E-state index contributed by atoms with van der Waals surface area (Å²) in [5.74, 6) is 0.621. The highest BCUT2D eigenvalue weighted by molar-refractivity contribution is 14.0. The fraction of sp³-hybridized carbons (Fsp3) is 0.588.